The molecule has 3 heteroatoms. The summed E-state index contributed by atoms with van der Waals surface area (Å²) in [5, 5.41) is 10.3. The van der Waals surface area contributed by atoms with Gasteiger partial charge in [-0.15, -0.1) is 0 Å². The first kappa shape index (κ1) is 12.3. The van der Waals surface area contributed by atoms with Crippen LogP contribution < -0.4 is 4.90 Å². The SMILES string of the molecule is C[C@H](O)c1ccc(N2CC3CCCC3C2)c(Cl)c1. The lowest BCUT2D eigenvalue weighted by atomic mass is 10.0. The first-order valence-electron chi connectivity index (χ1n) is 6.87. The number of nitrogens with zero attached hydrogens (tertiary/aromatic N) is 1. The molecule has 1 saturated heterocycles. The van der Waals surface area contributed by atoms with E-state index in [-0.39, 0.29) is 0 Å². The smallest absolute Gasteiger partial charge is 0.0762 e. The van der Waals surface area contributed by atoms with E-state index in [2.05, 4.69) is 11.0 Å². The molecule has 0 amide bonds. The van der Waals surface area contributed by atoms with E-state index in [9.17, 15) is 5.11 Å². The third kappa shape index (κ3) is 2.12. The Morgan fingerprint density at radius 1 is 1.28 bits per heavy atom. The van der Waals surface area contributed by atoms with Crippen molar-refractivity contribution in [1.82, 2.24) is 0 Å². The summed E-state index contributed by atoms with van der Waals surface area (Å²) in [6, 6.07) is 5.95. The average Bonchev–Trinajstić information content (AvgIpc) is 2.88. The van der Waals surface area contributed by atoms with E-state index >= 15 is 0 Å². The number of aliphatic hydroxyl groups excluding tert-OH is 1. The molecule has 1 aromatic carbocycles. The van der Waals surface area contributed by atoms with Gasteiger partial charge in [0.25, 0.3) is 0 Å². The van der Waals surface area contributed by atoms with Gasteiger partial charge >= 0.3 is 0 Å². The van der Waals surface area contributed by atoms with Crippen LogP contribution in [0.3, 0.4) is 0 Å². The zero-order valence-corrected chi connectivity index (χ0v) is 11.5. The van der Waals surface area contributed by atoms with Crippen LogP contribution in [0.4, 0.5) is 5.69 Å². The number of aliphatic hydroxyl groups is 1. The van der Waals surface area contributed by atoms with Crippen molar-refractivity contribution < 1.29 is 5.11 Å². The third-order valence-corrected chi connectivity index (χ3v) is 4.82. The summed E-state index contributed by atoms with van der Waals surface area (Å²) < 4.78 is 0. The highest BCUT2D eigenvalue weighted by Crippen LogP contribution is 2.41. The maximum absolute atomic E-state index is 9.56. The minimum atomic E-state index is -0.450. The molecule has 1 aliphatic heterocycles. The maximum atomic E-state index is 9.56. The summed E-state index contributed by atoms with van der Waals surface area (Å²) >= 11 is 6.36. The van der Waals surface area contributed by atoms with Gasteiger partial charge in [-0.1, -0.05) is 24.1 Å². The van der Waals surface area contributed by atoms with Crippen molar-refractivity contribution in [3.63, 3.8) is 0 Å². The third-order valence-electron chi connectivity index (χ3n) is 4.52. The van der Waals surface area contributed by atoms with Crippen molar-refractivity contribution in [2.24, 2.45) is 11.8 Å². The fourth-order valence-electron chi connectivity index (χ4n) is 3.47. The zero-order chi connectivity index (χ0) is 12.7. The molecule has 18 heavy (non-hydrogen) atoms. The van der Waals surface area contributed by atoms with Crippen molar-refractivity contribution in [2.45, 2.75) is 32.3 Å². The van der Waals surface area contributed by atoms with E-state index in [0.29, 0.717) is 0 Å². The number of anilines is 1. The highest BCUT2D eigenvalue weighted by Gasteiger charge is 2.36. The van der Waals surface area contributed by atoms with Crippen LogP contribution in [0.25, 0.3) is 0 Å². The van der Waals surface area contributed by atoms with Gasteiger partial charge in [0.1, 0.15) is 0 Å². The first-order valence-corrected chi connectivity index (χ1v) is 7.25. The lowest BCUT2D eigenvalue weighted by molar-refractivity contribution is 0.199. The Balaban J connectivity index is 1.81. The lowest BCUT2D eigenvalue weighted by Gasteiger charge is -2.21. The largest absolute Gasteiger partial charge is 0.389 e. The standard InChI is InChI=1S/C15H20ClNO/c1-10(18)11-5-6-15(14(16)7-11)17-8-12-3-2-4-13(12)9-17/h5-7,10,12-13,18H,2-4,8-9H2,1H3/t10-,12?,13?/m0/s1. The minimum Gasteiger partial charge on any atom is -0.389 e. The Hall–Kier alpha value is -0.730. The molecule has 1 N–H and O–H groups in total. The summed E-state index contributed by atoms with van der Waals surface area (Å²) in [7, 11) is 0. The molecule has 2 fully saturated rings. The fraction of sp³-hybridized carbons (Fsp3) is 0.600. The summed E-state index contributed by atoms with van der Waals surface area (Å²) in [6.07, 6.45) is 3.71. The van der Waals surface area contributed by atoms with Crippen molar-refractivity contribution in [3.05, 3.63) is 28.8 Å². The Morgan fingerprint density at radius 3 is 2.50 bits per heavy atom. The van der Waals surface area contributed by atoms with Crippen LogP contribution in [0, 0.1) is 11.8 Å². The number of benzene rings is 1. The highest BCUT2D eigenvalue weighted by atomic mass is 35.5. The molecule has 2 unspecified atom stereocenters. The highest BCUT2D eigenvalue weighted by molar-refractivity contribution is 6.33. The van der Waals surface area contributed by atoms with E-state index in [1.165, 1.54) is 19.3 Å². The molecular formula is C15H20ClNO. The molecule has 0 spiro atoms. The predicted molar refractivity (Wildman–Crippen MR) is 75.1 cm³/mol. The molecule has 0 bridgehead atoms. The Kier molecular flexibility index (Phi) is 3.25. The van der Waals surface area contributed by atoms with E-state index < -0.39 is 6.10 Å². The second-order valence-corrected chi connectivity index (χ2v) is 6.15. The molecule has 2 aliphatic rings. The molecule has 1 heterocycles. The summed E-state index contributed by atoms with van der Waals surface area (Å²) in [5.74, 6) is 1.75. The van der Waals surface area contributed by atoms with E-state index in [4.69, 9.17) is 11.6 Å². The van der Waals surface area contributed by atoms with Crippen LogP contribution in [-0.2, 0) is 0 Å². The average molecular weight is 266 g/mol. The van der Waals surface area contributed by atoms with Crippen LogP contribution in [-0.4, -0.2) is 18.2 Å². The van der Waals surface area contributed by atoms with Gasteiger partial charge in [0.15, 0.2) is 0 Å². The molecule has 98 valence electrons. The molecule has 1 saturated carbocycles. The Morgan fingerprint density at radius 2 is 1.94 bits per heavy atom. The molecule has 0 radical (unpaired) electrons. The van der Waals surface area contributed by atoms with E-state index in [1.807, 2.05) is 12.1 Å². The number of rotatable bonds is 2. The monoisotopic (exact) mass is 265 g/mol. The first-order chi connectivity index (χ1) is 8.65. The van der Waals surface area contributed by atoms with Gasteiger partial charge in [-0.25, -0.2) is 0 Å². The van der Waals surface area contributed by atoms with Crippen LogP contribution in [0.2, 0.25) is 5.02 Å². The topological polar surface area (TPSA) is 23.5 Å². The zero-order valence-electron chi connectivity index (χ0n) is 10.8. The van der Waals surface area contributed by atoms with Gasteiger partial charge in [-0.05, 0) is 49.3 Å². The summed E-state index contributed by atoms with van der Waals surface area (Å²) in [6.45, 7) is 4.07. The number of hydrogen-bond acceptors (Lipinski definition) is 2. The van der Waals surface area contributed by atoms with Gasteiger partial charge in [0.05, 0.1) is 16.8 Å². The number of fused-ring (bicyclic) bond motifs is 1. The van der Waals surface area contributed by atoms with Crippen molar-refractivity contribution in [2.75, 3.05) is 18.0 Å². The minimum absolute atomic E-state index is 0.450. The summed E-state index contributed by atoms with van der Waals surface area (Å²) in [4.78, 5) is 2.42. The predicted octanol–water partition coefficient (Wildman–Crippen LogP) is 3.63. The van der Waals surface area contributed by atoms with Crippen LogP contribution in [0.5, 0.6) is 0 Å². The Bertz CT molecular complexity index is 434. The second kappa shape index (κ2) is 4.75. The summed E-state index contributed by atoms with van der Waals surface area (Å²) in [5.41, 5.74) is 2.03. The lowest BCUT2D eigenvalue weighted by Crippen LogP contribution is -2.21. The van der Waals surface area contributed by atoms with Gasteiger partial charge in [0, 0.05) is 13.1 Å². The molecule has 2 nitrogen and oxygen atoms in total. The van der Waals surface area contributed by atoms with Gasteiger partial charge in [-0.2, -0.15) is 0 Å². The van der Waals surface area contributed by atoms with Gasteiger partial charge in [-0.3, -0.25) is 0 Å². The van der Waals surface area contributed by atoms with Gasteiger partial charge in [0.2, 0.25) is 0 Å². The molecule has 0 aromatic heterocycles. The maximum Gasteiger partial charge on any atom is 0.0762 e. The molecule has 1 aliphatic carbocycles. The van der Waals surface area contributed by atoms with E-state index in [0.717, 1.165) is 41.2 Å². The van der Waals surface area contributed by atoms with Crippen LogP contribution >= 0.6 is 11.6 Å². The molecule has 1 aromatic rings. The van der Waals surface area contributed by atoms with Crippen molar-refractivity contribution in [1.29, 1.82) is 0 Å². The number of hydrogen-bond donors (Lipinski definition) is 1. The van der Waals surface area contributed by atoms with Gasteiger partial charge < -0.3 is 10.0 Å². The molecule has 3 atom stereocenters. The van der Waals surface area contributed by atoms with Crippen molar-refractivity contribution in [3.8, 4) is 0 Å². The Labute approximate surface area is 114 Å². The van der Waals surface area contributed by atoms with Crippen molar-refractivity contribution >= 4 is 17.3 Å². The fourth-order valence-corrected chi connectivity index (χ4v) is 3.78. The number of halogens is 1. The molecule has 3 rings (SSSR count). The normalized spacial score (nSPS) is 28.5. The van der Waals surface area contributed by atoms with Crippen LogP contribution in [0.1, 0.15) is 37.9 Å². The van der Waals surface area contributed by atoms with E-state index in [1.54, 1.807) is 6.92 Å². The molecular weight excluding hydrogens is 246 g/mol. The second-order valence-electron chi connectivity index (χ2n) is 5.74. The van der Waals surface area contributed by atoms with Crippen LogP contribution in [0.15, 0.2) is 18.2 Å². The quantitative estimate of drug-likeness (QED) is 0.883.